The van der Waals surface area contributed by atoms with E-state index in [9.17, 15) is 4.79 Å². The summed E-state index contributed by atoms with van der Waals surface area (Å²) < 4.78 is 21.5. The summed E-state index contributed by atoms with van der Waals surface area (Å²) in [6.45, 7) is 1.91. The molecule has 0 amide bonds. The Morgan fingerprint density at radius 3 is 2.44 bits per heavy atom. The van der Waals surface area contributed by atoms with Crippen LogP contribution in [-0.4, -0.2) is 44.8 Å². The number of methoxy groups -OCH3 is 3. The predicted molar refractivity (Wildman–Crippen MR) is 54.8 cm³/mol. The summed E-state index contributed by atoms with van der Waals surface area (Å²) in [6.07, 6.45) is 1.47. The monoisotopic (exact) mass is 230 g/mol. The molecule has 5 nitrogen and oxygen atoms in total. The lowest BCUT2D eigenvalue weighted by Crippen LogP contribution is -2.56. The summed E-state index contributed by atoms with van der Waals surface area (Å²) >= 11 is 0. The van der Waals surface area contributed by atoms with E-state index >= 15 is 0 Å². The third kappa shape index (κ3) is 1.25. The molecule has 2 aliphatic heterocycles. The molecule has 0 saturated carbocycles. The molecule has 0 aromatic rings. The molecule has 0 aromatic heterocycles. The molecule has 3 atom stereocenters. The minimum Gasteiger partial charge on any atom is -0.469 e. The predicted octanol–water partition coefficient (Wildman–Crippen LogP) is 0.716. The fourth-order valence-electron chi connectivity index (χ4n) is 3.08. The molecule has 0 N–H and O–H groups in total. The smallest absolute Gasteiger partial charge is 0.317 e. The van der Waals surface area contributed by atoms with E-state index in [1.54, 1.807) is 0 Å². The fourth-order valence-corrected chi connectivity index (χ4v) is 3.08. The Morgan fingerprint density at radius 1 is 1.31 bits per heavy atom. The number of hydrogen-bond acceptors (Lipinski definition) is 5. The number of esters is 1. The first-order valence-electron chi connectivity index (χ1n) is 5.40. The van der Waals surface area contributed by atoms with Crippen LogP contribution in [0.1, 0.15) is 19.8 Å². The highest BCUT2D eigenvalue weighted by Crippen LogP contribution is 2.55. The number of fused-ring (bicyclic) bond motifs is 2. The van der Waals surface area contributed by atoms with E-state index in [-0.39, 0.29) is 12.1 Å². The van der Waals surface area contributed by atoms with Crippen molar-refractivity contribution in [3.63, 3.8) is 0 Å². The molecule has 2 rings (SSSR count). The molecule has 2 bridgehead atoms. The molecular weight excluding hydrogens is 212 g/mol. The highest BCUT2D eigenvalue weighted by Gasteiger charge is 2.70. The van der Waals surface area contributed by atoms with E-state index in [1.165, 1.54) is 21.3 Å². The summed E-state index contributed by atoms with van der Waals surface area (Å²) in [6, 6.07) is 0. The third-order valence-corrected chi connectivity index (χ3v) is 3.85. The Kier molecular flexibility index (Phi) is 2.72. The lowest BCUT2D eigenvalue weighted by atomic mass is 9.75. The van der Waals surface area contributed by atoms with E-state index in [0.29, 0.717) is 0 Å². The van der Waals surface area contributed by atoms with Crippen LogP contribution in [0.25, 0.3) is 0 Å². The number of hydrogen-bond donors (Lipinski definition) is 0. The zero-order valence-corrected chi connectivity index (χ0v) is 10.1. The quantitative estimate of drug-likeness (QED) is 0.528. The Morgan fingerprint density at radius 2 is 1.94 bits per heavy atom. The van der Waals surface area contributed by atoms with Crippen molar-refractivity contribution in [2.24, 2.45) is 5.92 Å². The lowest BCUT2D eigenvalue weighted by Gasteiger charge is -2.39. The summed E-state index contributed by atoms with van der Waals surface area (Å²) in [5, 5.41) is 0. The van der Waals surface area contributed by atoms with Crippen LogP contribution in [0, 0.1) is 5.92 Å². The maximum atomic E-state index is 11.9. The van der Waals surface area contributed by atoms with Gasteiger partial charge >= 0.3 is 5.97 Å². The highest BCUT2D eigenvalue weighted by atomic mass is 16.7. The van der Waals surface area contributed by atoms with Crippen molar-refractivity contribution in [2.75, 3.05) is 21.3 Å². The van der Waals surface area contributed by atoms with Gasteiger partial charge in [0, 0.05) is 14.2 Å². The molecule has 2 heterocycles. The molecule has 5 heteroatoms. The van der Waals surface area contributed by atoms with Gasteiger partial charge in [0.05, 0.1) is 12.7 Å². The van der Waals surface area contributed by atoms with Crippen molar-refractivity contribution >= 4 is 5.97 Å². The number of rotatable bonds is 3. The van der Waals surface area contributed by atoms with Gasteiger partial charge < -0.3 is 18.9 Å². The van der Waals surface area contributed by atoms with Crippen LogP contribution < -0.4 is 0 Å². The highest BCUT2D eigenvalue weighted by molar-refractivity contribution is 5.76. The topological polar surface area (TPSA) is 54.0 Å². The Bertz CT molecular complexity index is 299. The average molecular weight is 230 g/mol. The van der Waals surface area contributed by atoms with Crippen LogP contribution >= 0.6 is 0 Å². The van der Waals surface area contributed by atoms with E-state index in [2.05, 4.69) is 0 Å². The fraction of sp³-hybridized carbons (Fsp3) is 0.909. The van der Waals surface area contributed by atoms with Gasteiger partial charge in [-0.3, -0.25) is 4.79 Å². The third-order valence-electron chi connectivity index (χ3n) is 3.85. The minimum absolute atomic E-state index is 0.198. The van der Waals surface area contributed by atoms with Gasteiger partial charge in [-0.2, -0.15) is 0 Å². The van der Waals surface area contributed by atoms with Crippen LogP contribution in [0.5, 0.6) is 0 Å². The molecule has 2 aliphatic rings. The zero-order valence-electron chi connectivity index (χ0n) is 10.1. The van der Waals surface area contributed by atoms with Crippen molar-refractivity contribution in [2.45, 2.75) is 37.3 Å². The van der Waals surface area contributed by atoms with Crippen molar-refractivity contribution < 1.29 is 23.7 Å². The first-order chi connectivity index (χ1) is 7.54. The summed E-state index contributed by atoms with van der Waals surface area (Å²) in [5.41, 5.74) is -0.538. The van der Waals surface area contributed by atoms with Gasteiger partial charge in [0.25, 0.3) is 0 Å². The molecule has 0 spiro atoms. The summed E-state index contributed by atoms with van der Waals surface area (Å²) in [7, 11) is 4.44. The van der Waals surface area contributed by atoms with Crippen molar-refractivity contribution in [1.82, 2.24) is 0 Å². The SMILES string of the molecule is COC(=O)[C@H]1C(OC)(OC)[C@@H]2CC[C@@]1(C)O2. The van der Waals surface area contributed by atoms with Crippen molar-refractivity contribution in [3.05, 3.63) is 0 Å². The van der Waals surface area contributed by atoms with E-state index in [4.69, 9.17) is 18.9 Å². The van der Waals surface area contributed by atoms with Gasteiger partial charge in [-0.15, -0.1) is 0 Å². The summed E-state index contributed by atoms with van der Waals surface area (Å²) in [4.78, 5) is 11.9. The maximum Gasteiger partial charge on any atom is 0.317 e. The number of carbonyl (C=O) groups is 1. The molecular formula is C11H18O5. The molecule has 0 aromatic carbocycles. The first kappa shape index (κ1) is 11.8. The second-order valence-corrected chi connectivity index (χ2v) is 4.54. The van der Waals surface area contributed by atoms with Crippen molar-refractivity contribution in [3.8, 4) is 0 Å². The van der Waals surface area contributed by atoms with Crippen LogP contribution in [0.4, 0.5) is 0 Å². The van der Waals surface area contributed by atoms with Gasteiger partial charge in [-0.25, -0.2) is 0 Å². The van der Waals surface area contributed by atoms with E-state index in [0.717, 1.165) is 12.8 Å². The van der Waals surface area contributed by atoms with Gasteiger partial charge in [-0.05, 0) is 19.8 Å². The van der Waals surface area contributed by atoms with E-state index in [1.807, 2.05) is 6.92 Å². The lowest BCUT2D eigenvalue weighted by molar-refractivity contribution is -0.255. The van der Waals surface area contributed by atoms with Gasteiger partial charge in [0.2, 0.25) is 5.79 Å². The van der Waals surface area contributed by atoms with Crippen molar-refractivity contribution in [1.29, 1.82) is 0 Å². The largest absolute Gasteiger partial charge is 0.469 e. The number of carbonyl (C=O) groups excluding carboxylic acids is 1. The molecule has 16 heavy (non-hydrogen) atoms. The normalized spacial score (nSPS) is 40.0. The zero-order chi connectivity index (χ0) is 12.0. The van der Waals surface area contributed by atoms with Crippen LogP contribution in [0.3, 0.4) is 0 Å². The number of ether oxygens (including phenoxy) is 4. The van der Waals surface area contributed by atoms with Crippen LogP contribution in [-0.2, 0) is 23.7 Å². The molecule has 2 saturated heterocycles. The standard InChI is InChI=1S/C11H18O5/c1-10-6-5-7(16-10)11(14-3,15-4)8(10)9(12)13-2/h7-8H,5-6H2,1-4H3/t7-,8+,10+/m0/s1. The first-order valence-corrected chi connectivity index (χ1v) is 5.40. The molecule has 0 aliphatic carbocycles. The Hall–Kier alpha value is -0.650. The Balaban J connectivity index is 2.40. The van der Waals surface area contributed by atoms with Gasteiger partial charge in [0.1, 0.15) is 12.0 Å². The molecule has 2 fully saturated rings. The van der Waals surface area contributed by atoms with Crippen LogP contribution in [0.15, 0.2) is 0 Å². The molecule has 0 radical (unpaired) electrons. The maximum absolute atomic E-state index is 11.9. The second-order valence-electron chi connectivity index (χ2n) is 4.54. The van der Waals surface area contributed by atoms with Gasteiger partial charge in [-0.1, -0.05) is 0 Å². The summed E-state index contributed by atoms with van der Waals surface area (Å²) in [5.74, 6) is -1.87. The van der Waals surface area contributed by atoms with Gasteiger partial charge in [0.15, 0.2) is 0 Å². The average Bonchev–Trinajstić information content (AvgIpc) is 2.79. The Labute approximate surface area is 95.0 Å². The minimum atomic E-state index is -1.000. The molecule has 92 valence electrons. The molecule has 0 unspecified atom stereocenters. The second kappa shape index (κ2) is 3.68. The van der Waals surface area contributed by atoms with Crippen LogP contribution in [0.2, 0.25) is 0 Å². The van der Waals surface area contributed by atoms with E-state index < -0.39 is 17.3 Å².